The maximum Gasteiger partial charge on any atom is 0.255 e. The van der Waals surface area contributed by atoms with Gasteiger partial charge in [0, 0.05) is 23.0 Å². The first-order valence-corrected chi connectivity index (χ1v) is 6.81. The Morgan fingerprint density at radius 2 is 2.00 bits per heavy atom. The third kappa shape index (κ3) is 3.11. The maximum atomic E-state index is 12.2. The lowest BCUT2D eigenvalue weighted by Crippen LogP contribution is -2.12. The van der Waals surface area contributed by atoms with Crippen molar-refractivity contribution in [3.05, 3.63) is 52.0 Å². The Kier molecular flexibility index (Phi) is 4.29. The highest BCUT2D eigenvalue weighted by atomic mass is 79.9. The SMILES string of the molecule is COc1cc(NC(=O)c2ccc(N)c(C)c2)ccc1Br. The molecule has 0 aliphatic rings. The smallest absolute Gasteiger partial charge is 0.255 e. The Labute approximate surface area is 126 Å². The fraction of sp³-hybridized carbons (Fsp3) is 0.133. The third-order valence-corrected chi connectivity index (χ3v) is 3.60. The van der Waals surface area contributed by atoms with E-state index >= 15 is 0 Å². The Bertz CT molecular complexity index is 656. The number of hydrogen-bond acceptors (Lipinski definition) is 3. The molecule has 0 heterocycles. The first-order chi connectivity index (χ1) is 9.51. The van der Waals surface area contributed by atoms with Crippen LogP contribution in [0.4, 0.5) is 11.4 Å². The topological polar surface area (TPSA) is 64.3 Å². The van der Waals surface area contributed by atoms with Gasteiger partial charge in [-0.2, -0.15) is 0 Å². The predicted octanol–water partition coefficient (Wildman–Crippen LogP) is 3.60. The molecular formula is C15H15BrN2O2. The van der Waals surface area contributed by atoms with E-state index in [2.05, 4.69) is 21.2 Å². The Hall–Kier alpha value is -2.01. The number of ether oxygens (including phenoxy) is 1. The minimum atomic E-state index is -0.183. The molecule has 2 aromatic rings. The highest BCUT2D eigenvalue weighted by molar-refractivity contribution is 9.10. The lowest BCUT2D eigenvalue weighted by atomic mass is 10.1. The van der Waals surface area contributed by atoms with Gasteiger partial charge in [0.2, 0.25) is 0 Å². The van der Waals surface area contributed by atoms with Gasteiger partial charge in [-0.3, -0.25) is 4.79 Å². The number of rotatable bonds is 3. The molecule has 2 rings (SSSR count). The maximum absolute atomic E-state index is 12.2. The van der Waals surface area contributed by atoms with Crippen molar-refractivity contribution < 1.29 is 9.53 Å². The predicted molar refractivity (Wildman–Crippen MR) is 84.2 cm³/mol. The molecule has 0 spiro atoms. The summed E-state index contributed by atoms with van der Waals surface area (Å²) in [5, 5.41) is 2.83. The van der Waals surface area contributed by atoms with Crippen molar-refractivity contribution in [3.63, 3.8) is 0 Å². The number of aryl methyl sites for hydroxylation is 1. The number of hydrogen-bond donors (Lipinski definition) is 2. The summed E-state index contributed by atoms with van der Waals surface area (Å²) in [6, 6.07) is 10.6. The van der Waals surface area contributed by atoms with Crippen molar-refractivity contribution in [2.45, 2.75) is 6.92 Å². The molecule has 0 saturated carbocycles. The summed E-state index contributed by atoms with van der Waals surface area (Å²) in [6.45, 7) is 1.87. The molecule has 0 atom stereocenters. The van der Waals surface area contributed by atoms with Crippen molar-refractivity contribution >= 4 is 33.2 Å². The second-order valence-corrected chi connectivity index (χ2v) is 5.23. The molecule has 20 heavy (non-hydrogen) atoms. The van der Waals surface area contributed by atoms with Gasteiger partial charge in [0.25, 0.3) is 5.91 Å². The summed E-state index contributed by atoms with van der Waals surface area (Å²) in [5.41, 5.74) is 8.54. The van der Waals surface area contributed by atoms with Crippen LogP contribution in [0.2, 0.25) is 0 Å². The van der Waals surface area contributed by atoms with Gasteiger partial charge >= 0.3 is 0 Å². The average Bonchev–Trinajstić information content (AvgIpc) is 2.43. The zero-order valence-corrected chi connectivity index (χ0v) is 12.8. The molecule has 0 saturated heterocycles. The monoisotopic (exact) mass is 334 g/mol. The van der Waals surface area contributed by atoms with Crippen molar-refractivity contribution in [1.29, 1.82) is 0 Å². The van der Waals surface area contributed by atoms with Crippen LogP contribution in [0.1, 0.15) is 15.9 Å². The molecule has 3 N–H and O–H groups in total. The van der Waals surface area contributed by atoms with Gasteiger partial charge < -0.3 is 15.8 Å². The van der Waals surface area contributed by atoms with Gasteiger partial charge in [-0.05, 0) is 58.7 Å². The summed E-state index contributed by atoms with van der Waals surface area (Å²) >= 11 is 3.37. The van der Waals surface area contributed by atoms with E-state index in [9.17, 15) is 4.79 Å². The van der Waals surface area contributed by atoms with Crippen LogP contribution in [-0.4, -0.2) is 13.0 Å². The van der Waals surface area contributed by atoms with E-state index in [0.29, 0.717) is 22.7 Å². The van der Waals surface area contributed by atoms with Gasteiger partial charge in [-0.25, -0.2) is 0 Å². The van der Waals surface area contributed by atoms with E-state index in [1.807, 2.05) is 13.0 Å². The second-order valence-electron chi connectivity index (χ2n) is 4.37. The molecule has 0 aliphatic heterocycles. The number of halogens is 1. The lowest BCUT2D eigenvalue weighted by Gasteiger charge is -2.09. The molecule has 5 heteroatoms. The number of carbonyl (C=O) groups is 1. The molecule has 0 aromatic heterocycles. The summed E-state index contributed by atoms with van der Waals surface area (Å²) in [6.07, 6.45) is 0. The van der Waals surface area contributed by atoms with Gasteiger partial charge in [-0.15, -0.1) is 0 Å². The molecule has 0 aliphatic carbocycles. The van der Waals surface area contributed by atoms with Crippen LogP contribution in [-0.2, 0) is 0 Å². The fourth-order valence-electron chi connectivity index (χ4n) is 1.76. The van der Waals surface area contributed by atoms with Crippen LogP contribution in [0.3, 0.4) is 0 Å². The lowest BCUT2D eigenvalue weighted by molar-refractivity contribution is 0.102. The van der Waals surface area contributed by atoms with Crippen LogP contribution >= 0.6 is 15.9 Å². The van der Waals surface area contributed by atoms with Gasteiger partial charge in [-0.1, -0.05) is 0 Å². The van der Waals surface area contributed by atoms with E-state index in [1.165, 1.54) is 0 Å². The second kappa shape index (κ2) is 5.96. The number of nitrogens with one attached hydrogen (secondary N) is 1. The Morgan fingerprint density at radius 1 is 1.25 bits per heavy atom. The van der Waals surface area contributed by atoms with Crippen molar-refractivity contribution in [3.8, 4) is 5.75 Å². The normalized spacial score (nSPS) is 10.2. The summed E-state index contributed by atoms with van der Waals surface area (Å²) in [7, 11) is 1.58. The van der Waals surface area contributed by atoms with Crippen LogP contribution < -0.4 is 15.8 Å². The van der Waals surface area contributed by atoms with Crippen molar-refractivity contribution in [1.82, 2.24) is 0 Å². The zero-order valence-electron chi connectivity index (χ0n) is 11.2. The van der Waals surface area contributed by atoms with Gasteiger partial charge in [0.15, 0.2) is 0 Å². The molecule has 104 valence electrons. The number of amides is 1. The number of methoxy groups -OCH3 is 1. The number of carbonyl (C=O) groups excluding carboxylic acids is 1. The Morgan fingerprint density at radius 3 is 2.65 bits per heavy atom. The molecule has 0 bridgehead atoms. The van der Waals surface area contributed by atoms with E-state index in [4.69, 9.17) is 10.5 Å². The van der Waals surface area contributed by atoms with E-state index in [1.54, 1.807) is 37.4 Å². The number of anilines is 2. The number of nitrogen functional groups attached to an aromatic ring is 1. The molecule has 0 radical (unpaired) electrons. The average molecular weight is 335 g/mol. The van der Waals surface area contributed by atoms with Gasteiger partial charge in [0.1, 0.15) is 5.75 Å². The summed E-state index contributed by atoms with van der Waals surface area (Å²) in [4.78, 5) is 12.2. The van der Waals surface area contributed by atoms with Gasteiger partial charge in [0.05, 0.1) is 11.6 Å². The standard InChI is InChI=1S/C15H15BrN2O2/c1-9-7-10(3-6-13(9)17)15(19)18-11-4-5-12(16)14(8-11)20-2/h3-8H,17H2,1-2H3,(H,18,19). The third-order valence-electron chi connectivity index (χ3n) is 2.94. The van der Waals surface area contributed by atoms with E-state index < -0.39 is 0 Å². The molecule has 1 amide bonds. The van der Waals surface area contributed by atoms with Crippen LogP contribution in [0.15, 0.2) is 40.9 Å². The largest absolute Gasteiger partial charge is 0.495 e. The molecule has 2 aromatic carbocycles. The first kappa shape index (κ1) is 14.4. The van der Waals surface area contributed by atoms with Crippen LogP contribution in [0, 0.1) is 6.92 Å². The van der Waals surface area contributed by atoms with E-state index in [-0.39, 0.29) is 5.91 Å². The molecule has 0 unspecified atom stereocenters. The number of benzene rings is 2. The molecular weight excluding hydrogens is 320 g/mol. The van der Waals surface area contributed by atoms with Crippen LogP contribution in [0.25, 0.3) is 0 Å². The van der Waals surface area contributed by atoms with Crippen molar-refractivity contribution in [2.75, 3.05) is 18.2 Å². The number of nitrogens with two attached hydrogens (primary N) is 1. The zero-order chi connectivity index (χ0) is 14.7. The van der Waals surface area contributed by atoms with Crippen molar-refractivity contribution in [2.24, 2.45) is 0 Å². The highest BCUT2D eigenvalue weighted by Crippen LogP contribution is 2.28. The van der Waals surface area contributed by atoms with Crippen LogP contribution in [0.5, 0.6) is 5.75 Å². The highest BCUT2D eigenvalue weighted by Gasteiger charge is 2.09. The fourth-order valence-corrected chi connectivity index (χ4v) is 2.17. The minimum Gasteiger partial charge on any atom is -0.495 e. The molecule has 4 nitrogen and oxygen atoms in total. The quantitative estimate of drug-likeness (QED) is 0.843. The summed E-state index contributed by atoms with van der Waals surface area (Å²) in [5.74, 6) is 0.480. The minimum absolute atomic E-state index is 0.183. The first-order valence-electron chi connectivity index (χ1n) is 6.02. The summed E-state index contributed by atoms with van der Waals surface area (Å²) < 4.78 is 6.03. The molecule has 0 fully saturated rings. The Balaban J connectivity index is 2.21. The van der Waals surface area contributed by atoms with E-state index in [0.717, 1.165) is 10.0 Å².